The van der Waals surface area contributed by atoms with E-state index in [2.05, 4.69) is 10.2 Å². The number of rotatable bonds is 10. The number of nitrogens with two attached hydrogens (primary N) is 1. The van der Waals surface area contributed by atoms with E-state index in [9.17, 15) is 22.8 Å². The maximum atomic E-state index is 12.8. The van der Waals surface area contributed by atoms with Crippen molar-refractivity contribution in [2.45, 2.75) is 31.9 Å². The van der Waals surface area contributed by atoms with Crippen molar-refractivity contribution in [3.8, 4) is 11.5 Å². The van der Waals surface area contributed by atoms with Crippen molar-refractivity contribution < 1.29 is 32.2 Å². The molecule has 0 unspecified atom stereocenters. The lowest BCUT2D eigenvalue weighted by Crippen LogP contribution is -2.40. The van der Waals surface area contributed by atoms with Gasteiger partial charge in [-0.25, -0.2) is 0 Å². The Morgan fingerprint density at radius 1 is 1.14 bits per heavy atom. The van der Waals surface area contributed by atoms with Gasteiger partial charge >= 0.3 is 6.18 Å². The molecule has 3 rings (SSSR count). The monoisotopic (exact) mass is 527 g/mol. The van der Waals surface area contributed by atoms with E-state index >= 15 is 0 Å². The molecule has 1 aliphatic rings. The van der Waals surface area contributed by atoms with E-state index in [0.717, 1.165) is 38.1 Å². The second-order valence-corrected chi connectivity index (χ2v) is 8.99. The summed E-state index contributed by atoms with van der Waals surface area (Å²) in [6.07, 6.45) is -2.75. The number of likely N-dealkylation sites (tertiary alicyclic amines) is 1. The first-order valence-electron chi connectivity index (χ1n) is 11.5. The minimum Gasteiger partial charge on any atom is -0.493 e. The number of alkyl halides is 3. The number of nitrogens with zero attached hydrogens (tertiary/aromatic N) is 1. The van der Waals surface area contributed by atoms with Crippen LogP contribution in [0.4, 0.5) is 18.9 Å². The summed E-state index contributed by atoms with van der Waals surface area (Å²) in [5.74, 6) is 0.356. The smallest absolute Gasteiger partial charge is 0.416 e. The van der Waals surface area contributed by atoms with Crippen LogP contribution in [0.15, 0.2) is 36.4 Å². The fourth-order valence-corrected chi connectivity index (χ4v) is 4.26. The van der Waals surface area contributed by atoms with Crippen molar-refractivity contribution in [1.29, 1.82) is 0 Å². The Morgan fingerprint density at radius 2 is 1.86 bits per heavy atom. The summed E-state index contributed by atoms with van der Waals surface area (Å²) >= 11 is 5.96. The SMILES string of the molecule is COc1cc(NC(=O)CCc2ccc(C(F)(F)F)cc2Cl)ccc1OCCN1CCC(C(N)=O)CC1. The molecule has 1 fully saturated rings. The molecule has 1 aliphatic heterocycles. The zero-order chi connectivity index (χ0) is 26.3. The third kappa shape index (κ3) is 7.76. The number of nitrogens with one attached hydrogen (secondary N) is 1. The summed E-state index contributed by atoms with van der Waals surface area (Å²) in [6.45, 7) is 2.70. The highest BCUT2D eigenvalue weighted by molar-refractivity contribution is 6.31. The number of carbonyl (C=O) groups is 2. The van der Waals surface area contributed by atoms with Crippen LogP contribution in [0.1, 0.15) is 30.4 Å². The first-order chi connectivity index (χ1) is 17.1. The molecule has 2 amide bonds. The molecule has 1 heterocycles. The van der Waals surface area contributed by atoms with Crippen LogP contribution in [-0.2, 0) is 22.2 Å². The Hall–Kier alpha value is -2.98. The Balaban J connectivity index is 1.48. The molecule has 2 aromatic carbocycles. The molecule has 0 saturated carbocycles. The fraction of sp³-hybridized carbons (Fsp3) is 0.440. The number of piperidine rings is 1. The quantitative estimate of drug-likeness (QED) is 0.474. The van der Waals surface area contributed by atoms with Crippen LogP contribution in [0, 0.1) is 5.92 Å². The standard InChI is InChI=1S/C25H29ClF3N3O4/c1-35-22-15-19(5-6-21(22)36-13-12-32-10-8-17(9-11-32)24(30)34)31-23(33)7-3-16-2-4-18(14-20(16)26)25(27,28)29/h2,4-6,14-15,17H,3,7-13H2,1H3,(H2,30,34)(H,31,33). The molecule has 0 atom stereocenters. The molecule has 7 nitrogen and oxygen atoms in total. The molecular formula is C25H29ClF3N3O4. The second-order valence-electron chi connectivity index (χ2n) is 8.58. The molecule has 36 heavy (non-hydrogen) atoms. The number of hydrogen-bond acceptors (Lipinski definition) is 5. The number of ether oxygens (including phenoxy) is 2. The summed E-state index contributed by atoms with van der Waals surface area (Å²) in [5, 5.41) is 2.72. The number of methoxy groups -OCH3 is 1. The van der Waals surface area contributed by atoms with Crippen LogP contribution >= 0.6 is 11.6 Å². The molecule has 196 valence electrons. The van der Waals surface area contributed by atoms with Gasteiger partial charge in [0.1, 0.15) is 6.61 Å². The van der Waals surface area contributed by atoms with Gasteiger partial charge in [0, 0.05) is 35.7 Å². The Labute approximate surface area is 212 Å². The Morgan fingerprint density at radius 3 is 2.47 bits per heavy atom. The number of aryl methyl sites for hydroxylation is 1. The zero-order valence-corrected chi connectivity index (χ0v) is 20.6. The maximum absolute atomic E-state index is 12.8. The summed E-state index contributed by atoms with van der Waals surface area (Å²) in [4.78, 5) is 25.9. The normalized spacial score (nSPS) is 14.9. The lowest BCUT2D eigenvalue weighted by atomic mass is 9.96. The van der Waals surface area contributed by atoms with Crippen molar-refractivity contribution in [1.82, 2.24) is 4.90 Å². The number of benzene rings is 2. The summed E-state index contributed by atoms with van der Waals surface area (Å²) in [5.41, 5.74) is 5.49. The molecule has 0 bridgehead atoms. The minimum absolute atomic E-state index is 0.0296. The van der Waals surface area contributed by atoms with Crippen LogP contribution in [-0.4, -0.2) is 50.1 Å². The van der Waals surface area contributed by atoms with E-state index in [1.54, 1.807) is 18.2 Å². The number of carbonyl (C=O) groups excluding carboxylic acids is 2. The molecular weight excluding hydrogens is 499 g/mol. The van der Waals surface area contributed by atoms with Gasteiger partial charge in [0.25, 0.3) is 0 Å². The first kappa shape index (κ1) is 27.6. The molecule has 0 aliphatic carbocycles. The summed E-state index contributed by atoms with van der Waals surface area (Å²) in [6, 6.07) is 8.11. The van der Waals surface area contributed by atoms with E-state index in [0.29, 0.717) is 35.9 Å². The molecule has 2 aromatic rings. The van der Waals surface area contributed by atoms with Crippen molar-refractivity contribution in [3.63, 3.8) is 0 Å². The van der Waals surface area contributed by atoms with Gasteiger partial charge in [-0.1, -0.05) is 17.7 Å². The van der Waals surface area contributed by atoms with Crippen LogP contribution in [0.25, 0.3) is 0 Å². The number of primary amides is 1. The van der Waals surface area contributed by atoms with Gasteiger partial charge in [-0.2, -0.15) is 13.2 Å². The topological polar surface area (TPSA) is 93.9 Å². The van der Waals surface area contributed by atoms with Gasteiger partial charge in [0.15, 0.2) is 11.5 Å². The third-order valence-corrected chi connectivity index (χ3v) is 6.46. The van der Waals surface area contributed by atoms with Gasteiger partial charge in [-0.3, -0.25) is 14.5 Å². The zero-order valence-electron chi connectivity index (χ0n) is 19.9. The average molecular weight is 528 g/mol. The second kappa shape index (κ2) is 12.3. The summed E-state index contributed by atoms with van der Waals surface area (Å²) in [7, 11) is 1.50. The molecule has 1 saturated heterocycles. The minimum atomic E-state index is -4.47. The van der Waals surface area contributed by atoms with Crippen molar-refractivity contribution in [2.75, 3.05) is 38.7 Å². The van der Waals surface area contributed by atoms with Gasteiger partial charge in [-0.05, 0) is 62.2 Å². The molecule has 0 spiro atoms. The van der Waals surface area contributed by atoms with E-state index < -0.39 is 11.7 Å². The highest BCUT2D eigenvalue weighted by atomic mass is 35.5. The average Bonchev–Trinajstić information content (AvgIpc) is 2.83. The number of anilines is 1. The Bertz CT molecular complexity index is 1070. The van der Waals surface area contributed by atoms with Crippen LogP contribution in [0.5, 0.6) is 11.5 Å². The van der Waals surface area contributed by atoms with Gasteiger partial charge < -0.3 is 20.5 Å². The number of halogens is 4. The van der Waals surface area contributed by atoms with Crippen molar-refractivity contribution in [2.24, 2.45) is 11.7 Å². The number of amides is 2. The van der Waals surface area contributed by atoms with Crippen LogP contribution < -0.4 is 20.5 Å². The van der Waals surface area contributed by atoms with Gasteiger partial charge in [-0.15, -0.1) is 0 Å². The highest BCUT2D eigenvalue weighted by Gasteiger charge is 2.30. The van der Waals surface area contributed by atoms with Crippen molar-refractivity contribution in [3.05, 3.63) is 52.5 Å². The van der Waals surface area contributed by atoms with E-state index in [1.165, 1.54) is 13.2 Å². The van der Waals surface area contributed by atoms with Gasteiger partial charge in [0.2, 0.25) is 11.8 Å². The first-order valence-corrected chi connectivity index (χ1v) is 11.9. The fourth-order valence-electron chi connectivity index (χ4n) is 3.99. The van der Waals surface area contributed by atoms with E-state index in [4.69, 9.17) is 26.8 Å². The van der Waals surface area contributed by atoms with Crippen LogP contribution in [0.2, 0.25) is 5.02 Å². The van der Waals surface area contributed by atoms with E-state index in [1.807, 2.05) is 0 Å². The van der Waals surface area contributed by atoms with Crippen LogP contribution in [0.3, 0.4) is 0 Å². The largest absolute Gasteiger partial charge is 0.493 e. The predicted octanol–water partition coefficient (Wildman–Crippen LogP) is 4.51. The predicted molar refractivity (Wildman–Crippen MR) is 130 cm³/mol. The lowest BCUT2D eigenvalue weighted by Gasteiger charge is -2.30. The molecule has 0 aromatic heterocycles. The molecule has 3 N–H and O–H groups in total. The van der Waals surface area contributed by atoms with E-state index in [-0.39, 0.29) is 35.6 Å². The third-order valence-electron chi connectivity index (χ3n) is 6.10. The van der Waals surface area contributed by atoms with Gasteiger partial charge in [0.05, 0.1) is 12.7 Å². The Kier molecular flexibility index (Phi) is 9.44. The van der Waals surface area contributed by atoms with Crippen molar-refractivity contribution >= 4 is 29.1 Å². The lowest BCUT2D eigenvalue weighted by molar-refractivity contribution is -0.137. The highest BCUT2D eigenvalue weighted by Crippen LogP contribution is 2.33. The number of hydrogen-bond donors (Lipinski definition) is 2. The summed E-state index contributed by atoms with van der Waals surface area (Å²) < 4.78 is 49.6. The molecule has 11 heteroatoms. The molecule has 0 radical (unpaired) electrons. The maximum Gasteiger partial charge on any atom is 0.416 e.